The summed E-state index contributed by atoms with van der Waals surface area (Å²) in [6.45, 7) is 13.8. The van der Waals surface area contributed by atoms with Crippen LogP contribution >= 0.6 is 15.9 Å². The van der Waals surface area contributed by atoms with E-state index in [1.54, 1.807) is 0 Å². The van der Waals surface area contributed by atoms with Crippen molar-refractivity contribution >= 4 is 24.2 Å². The van der Waals surface area contributed by atoms with Crippen molar-refractivity contribution in [3.8, 4) is 0 Å². The van der Waals surface area contributed by atoms with Gasteiger partial charge in [-0.2, -0.15) is 0 Å². The van der Waals surface area contributed by atoms with E-state index in [9.17, 15) is 0 Å². The highest BCUT2D eigenvalue weighted by Crippen LogP contribution is 2.37. The minimum Gasteiger partial charge on any atom is -0.411 e. The van der Waals surface area contributed by atoms with Crippen molar-refractivity contribution in [3.63, 3.8) is 0 Å². The topological polar surface area (TPSA) is 9.23 Å². The molecule has 0 aliphatic rings. The number of unbranched alkanes of at least 4 members (excludes halogenated alkanes) is 2. The van der Waals surface area contributed by atoms with Gasteiger partial charge in [0.25, 0.3) is 0 Å². The molecule has 0 aromatic rings. The standard InChI is InChI=1S/C14H29BrOSi/c1-7-8-9-10-13(11-12-15)16-17(5,6)14(2,3)4/h11-13H,7-10H2,1-6H3/t13-/m0/s1. The van der Waals surface area contributed by atoms with E-state index in [0.717, 1.165) is 6.42 Å². The highest BCUT2D eigenvalue weighted by molar-refractivity contribution is 9.11. The normalized spacial score (nSPS) is 15.5. The molecule has 0 radical (unpaired) electrons. The third-order valence-electron chi connectivity index (χ3n) is 3.63. The second-order valence-corrected chi connectivity index (χ2v) is 11.5. The van der Waals surface area contributed by atoms with Gasteiger partial charge < -0.3 is 4.43 Å². The van der Waals surface area contributed by atoms with Gasteiger partial charge in [-0.25, -0.2) is 0 Å². The number of halogens is 1. The summed E-state index contributed by atoms with van der Waals surface area (Å²) >= 11 is 3.37. The van der Waals surface area contributed by atoms with Crippen LogP contribution in [-0.2, 0) is 4.43 Å². The molecule has 0 unspecified atom stereocenters. The van der Waals surface area contributed by atoms with Gasteiger partial charge in [-0.15, -0.1) is 0 Å². The summed E-state index contributed by atoms with van der Waals surface area (Å²) in [6, 6.07) is 0. The van der Waals surface area contributed by atoms with Crippen molar-refractivity contribution in [3.05, 3.63) is 11.1 Å². The van der Waals surface area contributed by atoms with Crippen LogP contribution in [0.25, 0.3) is 0 Å². The number of hydrogen-bond donors (Lipinski definition) is 0. The van der Waals surface area contributed by atoms with E-state index in [1.165, 1.54) is 19.3 Å². The molecule has 17 heavy (non-hydrogen) atoms. The van der Waals surface area contributed by atoms with Crippen molar-refractivity contribution in [1.29, 1.82) is 0 Å². The van der Waals surface area contributed by atoms with Gasteiger partial charge in [0.05, 0.1) is 6.10 Å². The molecule has 1 nitrogen and oxygen atoms in total. The highest BCUT2D eigenvalue weighted by Gasteiger charge is 2.38. The van der Waals surface area contributed by atoms with Gasteiger partial charge in [0, 0.05) is 0 Å². The van der Waals surface area contributed by atoms with E-state index in [-0.39, 0.29) is 11.1 Å². The second kappa shape index (κ2) is 7.75. The van der Waals surface area contributed by atoms with Crippen molar-refractivity contribution in [2.24, 2.45) is 0 Å². The maximum absolute atomic E-state index is 6.41. The molecule has 0 spiro atoms. The van der Waals surface area contributed by atoms with Crippen molar-refractivity contribution in [1.82, 2.24) is 0 Å². The van der Waals surface area contributed by atoms with Crippen molar-refractivity contribution < 1.29 is 4.43 Å². The first-order valence-electron chi connectivity index (χ1n) is 6.69. The zero-order valence-electron chi connectivity index (χ0n) is 12.3. The predicted molar refractivity (Wildman–Crippen MR) is 84.3 cm³/mol. The first-order valence-corrected chi connectivity index (χ1v) is 10.5. The monoisotopic (exact) mass is 320 g/mol. The maximum Gasteiger partial charge on any atom is 0.192 e. The Bertz CT molecular complexity index is 231. The van der Waals surface area contributed by atoms with E-state index >= 15 is 0 Å². The molecule has 0 saturated carbocycles. The van der Waals surface area contributed by atoms with Gasteiger partial charge in [0.2, 0.25) is 0 Å². The van der Waals surface area contributed by atoms with Crippen LogP contribution in [0.15, 0.2) is 11.1 Å². The Kier molecular flexibility index (Phi) is 7.93. The van der Waals surface area contributed by atoms with Gasteiger partial charge in [0.15, 0.2) is 8.32 Å². The van der Waals surface area contributed by atoms with Crippen LogP contribution in [-0.4, -0.2) is 14.4 Å². The molecule has 0 amide bonds. The smallest absolute Gasteiger partial charge is 0.192 e. The van der Waals surface area contributed by atoms with Crippen LogP contribution in [0.5, 0.6) is 0 Å². The Morgan fingerprint density at radius 3 is 2.24 bits per heavy atom. The Morgan fingerprint density at radius 1 is 1.24 bits per heavy atom. The lowest BCUT2D eigenvalue weighted by atomic mass is 10.1. The summed E-state index contributed by atoms with van der Waals surface area (Å²) in [5, 5.41) is 0.288. The molecular weight excluding hydrogens is 292 g/mol. The van der Waals surface area contributed by atoms with Gasteiger partial charge >= 0.3 is 0 Å². The highest BCUT2D eigenvalue weighted by atomic mass is 79.9. The van der Waals surface area contributed by atoms with Crippen LogP contribution < -0.4 is 0 Å². The number of rotatable bonds is 7. The second-order valence-electron chi connectivity index (χ2n) is 6.23. The van der Waals surface area contributed by atoms with Crippen LogP contribution in [0.2, 0.25) is 18.1 Å². The van der Waals surface area contributed by atoms with Gasteiger partial charge in [-0.1, -0.05) is 69.0 Å². The van der Waals surface area contributed by atoms with Crippen LogP contribution in [0.3, 0.4) is 0 Å². The lowest BCUT2D eigenvalue weighted by molar-refractivity contribution is 0.211. The summed E-state index contributed by atoms with van der Waals surface area (Å²) in [7, 11) is -1.64. The zero-order valence-corrected chi connectivity index (χ0v) is 14.9. The van der Waals surface area contributed by atoms with Crippen molar-refractivity contribution in [2.75, 3.05) is 0 Å². The molecule has 0 saturated heterocycles. The molecule has 0 bridgehead atoms. The molecule has 0 fully saturated rings. The molecule has 0 aromatic carbocycles. The lowest BCUT2D eigenvalue weighted by Crippen LogP contribution is -2.43. The van der Waals surface area contributed by atoms with Crippen molar-refractivity contribution in [2.45, 2.75) is 77.6 Å². The van der Waals surface area contributed by atoms with Crippen LogP contribution in [0, 0.1) is 0 Å². The molecule has 0 rings (SSSR count). The van der Waals surface area contributed by atoms with E-state index < -0.39 is 8.32 Å². The Balaban J connectivity index is 4.43. The average Bonchev–Trinajstić information content (AvgIpc) is 2.16. The molecule has 0 N–H and O–H groups in total. The van der Waals surface area contributed by atoms with Gasteiger partial charge in [-0.3, -0.25) is 0 Å². The summed E-state index contributed by atoms with van der Waals surface area (Å²) < 4.78 is 6.41. The largest absolute Gasteiger partial charge is 0.411 e. The maximum atomic E-state index is 6.41. The minimum atomic E-state index is -1.64. The molecule has 0 heterocycles. The Morgan fingerprint density at radius 2 is 1.82 bits per heavy atom. The third kappa shape index (κ3) is 6.78. The average molecular weight is 321 g/mol. The summed E-state index contributed by atoms with van der Waals surface area (Å²) in [5.74, 6) is 0. The molecule has 1 atom stereocenters. The quantitative estimate of drug-likeness (QED) is 0.421. The van der Waals surface area contributed by atoms with Crippen LogP contribution in [0.4, 0.5) is 0 Å². The Labute approximate surface area is 117 Å². The minimum absolute atomic E-state index is 0.279. The van der Waals surface area contributed by atoms with Crippen LogP contribution in [0.1, 0.15) is 53.4 Å². The molecule has 3 heteroatoms. The fourth-order valence-electron chi connectivity index (χ4n) is 1.43. The summed E-state index contributed by atoms with van der Waals surface area (Å²) in [4.78, 5) is 1.94. The molecule has 0 aromatic heterocycles. The summed E-state index contributed by atoms with van der Waals surface area (Å²) in [5.41, 5.74) is 0. The molecular formula is C14H29BrOSi. The molecule has 0 aliphatic heterocycles. The predicted octanol–water partition coefficient (Wildman–Crippen LogP) is 5.87. The Hall–Kier alpha value is 0.397. The van der Waals surface area contributed by atoms with E-state index in [1.807, 2.05) is 4.99 Å². The fourth-order valence-corrected chi connectivity index (χ4v) is 3.07. The van der Waals surface area contributed by atoms with Gasteiger partial charge in [-0.05, 0) is 29.5 Å². The SMILES string of the molecule is CCCCC[C@@H](C=CBr)O[Si](C)(C)C(C)(C)C. The zero-order chi connectivity index (χ0) is 13.5. The van der Waals surface area contributed by atoms with E-state index in [2.05, 4.69) is 62.8 Å². The first kappa shape index (κ1) is 17.4. The molecule has 102 valence electrons. The lowest BCUT2D eigenvalue weighted by Gasteiger charge is -2.38. The van der Waals surface area contributed by atoms with E-state index in [0.29, 0.717) is 0 Å². The summed E-state index contributed by atoms with van der Waals surface area (Å²) in [6.07, 6.45) is 7.39. The number of hydrogen-bond acceptors (Lipinski definition) is 1. The third-order valence-corrected chi connectivity index (χ3v) is 8.44. The van der Waals surface area contributed by atoms with E-state index in [4.69, 9.17) is 4.43 Å². The fraction of sp³-hybridized carbons (Fsp3) is 0.857. The van der Waals surface area contributed by atoms with Gasteiger partial charge in [0.1, 0.15) is 0 Å². The first-order chi connectivity index (χ1) is 7.74. The molecule has 0 aliphatic carbocycles.